The van der Waals surface area contributed by atoms with E-state index in [-0.39, 0.29) is 6.03 Å². The number of carbonyl (C=O) groups is 2. The number of carboxylic acid groups (broad SMARTS) is 1. The Morgan fingerprint density at radius 2 is 2.33 bits per heavy atom. The molecule has 6 heteroatoms. The first-order chi connectivity index (χ1) is 7.15. The maximum atomic E-state index is 11.5. The van der Waals surface area contributed by atoms with Crippen molar-refractivity contribution in [3.8, 4) is 0 Å². The second-order valence-electron chi connectivity index (χ2n) is 3.49. The van der Waals surface area contributed by atoms with Gasteiger partial charge in [0.2, 0.25) is 0 Å². The van der Waals surface area contributed by atoms with Crippen molar-refractivity contribution in [1.29, 1.82) is 0 Å². The lowest BCUT2D eigenvalue weighted by Crippen LogP contribution is -2.40. The number of methoxy groups -OCH3 is 1. The topological polar surface area (TPSA) is 78.9 Å². The summed E-state index contributed by atoms with van der Waals surface area (Å²) in [5.41, 5.74) is 0. The first-order valence-corrected chi connectivity index (χ1v) is 4.89. The molecule has 0 bridgehead atoms. The average Bonchev–Trinajstić information content (AvgIpc) is 2.66. The molecule has 1 aliphatic rings. The summed E-state index contributed by atoms with van der Waals surface area (Å²) in [6.07, 6.45) is 0.535. The Bertz CT molecular complexity index is 244. The van der Waals surface area contributed by atoms with Gasteiger partial charge < -0.3 is 20.1 Å². The highest BCUT2D eigenvalue weighted by Gasteiger charge is 2.30. The van der Waals surface area contributed by atoms with Crippen molar-refractivity contribution in [2.75, 3.05) is 33.4 Å². The SMILES string of the molecule is COCCNC(=O)N1CCC(C(=O)O)C1. The summed E-state index contributed by atoms with van der Waals surface area (Å²) in [4.78, 5) is 23.6. The molecular formula is C9H16N2O4. The zero-order valence-corrected chi connectivity index (χ0v) is 8.73. The third kappa shape index (κ3) is 3.39. The van der Waals surface area contributed by atoms with Crippen LogP contribution in [0.15, 0.2) is 0 Å². The Morgan fingerprint density at radius 3 is 2.87 bits per heavy atom. The summed E-state index contributed by atoms with van der Waals surface area (Å²) in [6.45, 7) is 1.72. The van der Waals surface area contributed by atoms with Crippen LogP contribution in [-0.2, 0) is 9.53 Å². The molecule has 2 amide bonds. The second kappa shape index (κ2) is 5.55. The minimum atomic E-state index is -0.831. The molecule has 15 heavy (non-hydrogen) atoms. The lowest BCUT2D eigenvalue weighted by Gasteiger charge is -2.16. The normalized spacial score (nSPS) is 20.3. The molecule has 86 valence electrons. The highest BCUT2D eigenvalue weighted by atomic mass is 16.5. The molecule has 0 spiro atoms. The molecule has 1 saturated heterocycles. The zero-order chi connectivity index (χ0) is 11.3. The van der Waals surface area contributed by atoms with Crippen LogP contribution in [0.5, 0.6) is 0 Å². The van der Waals surface area contributed by atoms with Crippen molar-refractivity contribution in [3.63, 3.8) is 0 Å². The molecule has 0 aromatic heterocycles. The second-order valence-corrected chi connectivity index (χ2v) is 3.49. The number of carboxylic acids is 1. The molecule has 0 aromatic carbocycles. The first kappa shape index (κ1) is 11.8. The highest BCUT2D eigenvalue weighted by Crippen LogP contribution is 2.15. The maximum Gasteiger partial charge on any atom is 0.317 e. The molecular weight excluding hydrogens is 200 g/mol. The number of hydrogen-bond acceptors (Lipinski definition) is 3. The number of nitrogens with one attached hydrogen (secondary N) is 1. The quantitative estimate of drug-likeness (QED) is 0.635. The van der Waals surface area contributed by atoms with Crippen LogP contribution in [0.1, 0.15) is 6.42 Å². The first-order valence-electron chi connectivity index (χ1n) is 4.89. The Labute approximate surface area is 88.2 Å². The number of urea groups is 1. The highest BCUT2D eigenvalue weighted by molar-refractivity contribution is 5.77. The fourth-order valence-electron chi connectivity index (χ4n) is 1.52. The van der Waals surface area contributed by atoms with Gasteiger partial charge in [-0.15, -0.1) is 0 Å². The summed E-state index contributed by atoms with van der Waals surface area (Å²) in [5, 5.41) is 11.4. The fourth-order valence-corrected chi connectivity index (χ4v) is 1.52. The molecule has 1 rings (SSSR count). The lowest BCUT2D eigenvalue weighted by molar-refractivity contribution is -0.141. The van der Waals surface area contributed by atoms with Crippen LogP contribution in [-0.4, -0.2) is 55.4 Å². The smallest absolute Gasteiger partial charge is 0.317 e. The minimum Gasteiger partial charge on any atom is -0.481 e. The molecule has 1 unspecified atom stereocenters. The van der Waals surface area contributed by atoms with Gasteiger partial charge in [0, 0.05) is 26.7 Å². The third-order valence-electron chi connectivity index (χ3n) is 2.41. The van der Waals surface area contributed by atoms with Crippen LogP contribution in [0.2, 0.25) is 0 Å². The van der Waals surface area contributed by atoms with Gasteiger partial charge in [0.25, 0.3) is 0 Å². The van der Waals surface area contributed by atoms with Crippen LogP contribution < -0.4 is 5.32 Å². The van der Waals surface area contributed by atoms with E-state index in [9.17, 15) is 9.59 Å². The van der Waals surface area contributed by atoms with E-state index >= 15 is 0 Å². The van der Waals surface area contributed by atoms with Crippen LogP contribution in [0.4, 0.5) is 4.79 Å². The summed E-state index contributed by atoms with van der Waals surface area (Å²) in [5.74, 6) is -1.25. The summed E-state index contributed by atoms with van der Waals surface area (Å²) >= 11 is 0. The maximum absolute atomic E-state index is 11.5. The predicted octanol–water partition coefficient (Wildman–Crippen LogP) is -0.251. The Morgan fingerprint density at radius 1 is 1.60 bits per heavy atom. The van der Waals surface area contributed by atoms with Gasteiger partial charge in [-0.1, -0.05) is 0 Å². The molecule has 2 N–H and O–H groups in total. The lowest BCUT2D eigenvalue weighted by atomic mass is 10.1. The van der Waals surface area contributed by atoms with Gasteiger partial charge in [0.15, 0.2) is 0 Å². The average molecular weight is 216 g/mol. The van der Waals surface area contributed by atoms with Crippen molar-refractivity contribution in [2.45, 2.75) is 6.42 Å². The van der Waals surface area contributed by atoms with Gasteiger partial charge in [0.05, 0.1) is 12.5 Å². The number of rotatable bonds is 4. The Kier molecular flexibility index (Phi) is 4.36. The van der Waals surface area contributed by atoms with Crippen LogP contribution in [0.25, 0.3) is 0 Å². The Hall–Kier alpha value is -1.30. The van der Waals surface area contributed by atoms with Gasteiger partial charge in [-0.25, -0.2) is 4.79 Å². The van der Waals surface area contributed by atoms with Crippen LogP contribution in [0.3, 0.4) is 0 Å². The summed E-state index contributed by atoms with van der Waals surface area (Å²) < 4.78 is 4.79. The Balaban J connectivity index is 2.27. The number of likely N-dealkylation sites (tertiary alicyclic amines) is 1. The van der Waals surface area contributed by atoms with Crippen molar-refractivity contribution in [2.24, 2.45) is 5.92 Å². The molecule has 1 atom stereocenters. The standard InChI is InChI=1S/C9H16N2O4/c1-15-5-3-10-9(14)11-4-2-7(6-11)8(12)13/h7H,2-6H2,1H3,(H,10,14)(H,12,13). The molecule has 1 aliphatic heterocycles. The van der Waals surface area contributed by atoms with Gasteiger partial charge >= 0.3 is 12.0 Å². The monoisotopic (exact) mass is 216 g/mol. The van der Waals surface area contributed by atoms with E-state index in [4.69, 9.17) is 9.84 Å². The fraction of sp³-hybridized carbons (Fsp3) is 0.778. The van der Waals surface area contributed by atoms with Crippen LogP contribution >= 0.6 is 0 Å². The van der Waals surface area contributed by atoms with E-state index in [0.29, 0.717) is 32.7 Å². The van der Waals surface area contributed by atoms with Crippen molar-refractivity contribution >= 4 is 12.0 Å². The van der Waals surface area contributed by atoms with E-state index in [1.54, 1.807) is 7.11 Å². The number of carbonyl (C=O) groups excluding carboxylic acids is 1. The number of ether oxygens (including phenoxy) is 1. The largest absolute Gasteiger partial charge is 0.481 e. The predicted molar refractivity (Wildman–Crippen MR) is 52.6 cm³/mol. The summed E-state index contributed by atoms with van der Waals surface area (Å²) in [7, 11) is 1.56. The number of nitrogens with zero attached hydrogens (tertiary/aromatic N) is 1. The van der Waals surface area contributed by atoms with Crippen molar-refractivity contribution in [1.82, 2.24) is 10.2 Å². The van der Waals surface area contributed by atoms with Gasteiger partial charge in [-0.2, -0.15) is 0 Å². The third-order valence-corrected chi connectivity index (χ3v) is 2.41. The van der Waals surface area contributed by atoms with E-state index in [0.717, 1.165) is 0 Å². The minimum absolute atomic E-state index is 0.212. The van der Waals surface area contributed by atoms with Gasteiger partial charge in [-0.05, 0) is 6.42 Å². The molecule has 1 fully saturated rings. The number of aliphatic carboxylic acids is 1. The van der Waals surface area contributed by atoms with Crippen LogP contribution in [0, 0.1) is 5.92 Å². The van der Waals surface area contributed by atoms with E-state index in [1.807, 2.05) is 0 Å². The van der Waals surface area contributed by atoms with E-state index in [1.165, 1.54) is 4.90 Å². The molecule has 0 radical (unpaired) electrons. The zero-order valence-electron chi connectivity index (χ0n) is 8.73. The van der Waals surface area contributed by atoms with E-state index in [2.05, 4.69) is 5.32 Å². The van der Waals surface area contributed by atoms with E-state index < -0.39 is 11.9 Å². The molecule has 0 aliphatic carbocycles. The molecule has 0 saturated carbocycles. The number of amides is 2. The summed E-state index contributed by atoms with van der Waals surface area (Å²) in [6, 6.07) is -0.212. The number of hydrogen-bond donors (Lipinski definition) is 2. The van der Waals surface area contributed by atoms with Crippen molar-refractivity contribution < 1.29 is 19.4 Å². The molecule has 0 aromatic rings. The van der Waals surface area contributed by atoms with Gasteiger partial charge in [0.1, 0.15) is 0 Å². The van der Waals surface area contributed by atoms with Crippen molar-refractivity contribution in [3.05, 3.63) is 0 Å². The molecule has 6 nitrogen and oxygen atoms in total. The molecule has 1 heterocycles. The van der Waals surface area contributed by atoms with Gasteiger partial charge in [-0.3, -0.25) is 4.79 Å².